The summed E-state index contributed by atoms with van der Waals surface area (Å²) < 4.78 is 4.90. The lowest BCUT2D eigenvalue weighted by atomic mass is 10.6. The highest BCUT2D eigenvalue weighted by molar-refractivity contribution is 5.67. The summed E-state index contributed by atoms with van der Waals surface area (Å²) in [6.07, 6.45) is 3.42. The average molecular weight is 174 g/mol. The lowest BCUT2D eigenvalue weighted by Gasteiger charge is -1.89. The van der Waals surface area contributed by atoms with Crippen molar-refractivity contribution in [2.45, 2.75) is 0 Å². The molecule has 0 atom stereocenters. The van der Waals surface area contributed by atoms with Crippen LogP contribution in [0.1, 0.15) is 0 Å². The molecule has 0 radical (unpaired) electrons. The van der Waals surface area contributed by atoms with Crippen molar-refractivity contribution in [3.63, 3.8) is 0 Å². The Kier molecular flexibility index (Phi) is 14.1. The van der Waals surface area contributed by atoms with Crippen LogP contribution in [-0.4, -0.2) is 36.0 Å². The van der Waals surface area contributed by atoms with Crippen molar-refractivity contribution in [2.24, 2.45) is 0 Å². The Labute approximate surface area is 71.8 Å². The summed E-state index contributed by atoms with van der Waals surface area (Å²) in [7, 11) is 0. The summed E-state index contributed by atoms with van der Waals surface area (Å²) >= 11 is 0. The Morgan fingerprint density at radius 2 is 1.67 bits per heavy atom. The maximum Gasteiger partial charge on any atom is 0.329 e. The minimum Gasteiger partial charge on any atom is -0.480 e. The van der Waals surface area contributed by atoms with Crippen molar-refractivity contribution in [1.29, 1.82) is 0 Å². The number of hydrogen-bond acceptors (Lipinski definition) is 3. The van der Waals surface area contributed by atoms with E-state index in [1.807, 2.05) is 0 Å². The van der Waals surface area contributed by atoms with Crippen LogP contribution in [0.2, 0.25) is 0 Å². The number of carbonyl (C=O) groups is 1. The number of aliphatic carboxylic acids is 1. The van der Waals surface area contributed by atoms with Gasteiger partial charge in [-0.1, -0.05) is 12.2 Å². The fourth-order valence-corrected chi connectivity index (χ4v) is 0.235. The Morgan fingerprint density at radius 1 is 1.33 bits per heavy atom. The van der Waals surface area contributed by atoms with Crippen molar-refractivity contribution in [2.75, 3.05) is 19.8 Å². The first-order chi connectivity index (χ1) is 5.68. The van der Waals surface area contributed by atoms with Gasteiger partial charge in [-0.25, -0.2) is 4.79 Å². The molecule has 70 valence electrons. The first kappa shape index (κ1) is 13.5. The molecule has 0 saturated heterocycles. The maximum absolute atomic E-state index is 9.12. The van der Waals surface area contributed by atoms with Crippen LogP contribution in [0.3, 0.4) is 0 Å². The number of aliphatic hydroxyl groups is 1. The first-order valence-corrected chi connectivity index (χ1v) is 3.31. The van der Waals surface area contributed by atoms with Crippen molar-refractivity contribution in [1.82, 2.24) is 0 Å². The average Bonchev–Trinajstić information content (AvgIpc) is 2.07. The van der Waals surface area contributed by atoms with Crippen LogP contribution in [0.4, 0.5) is 0 Å². The van der Waals surface area contributed by atoms with Crippen molar-refractivity contribution in [3.05, 3.63) is 25.3 Å². The molecule has 0 heterocycles. The molecular weight excluding hydrogens is 160 g/mol. The smallest absolute Gasteiger partial charge is 0.329 e. The molecule has 4 heteroatoms. The van der Waals surface area contributed by atoms with Gasteiger partial charge >= 0.3 is 5.97 Å². The zero-order valence-corrected chi connectivity index (χ0v) is 6.90. The van der Waals surface area contributed by atoms with E-state index >= 15 is 0 Å². The van der Waals surface area contributed by atoms with Gasteiger partial charge < -0.3 is 14.9 Å². The predicted octanol–water partition coefficient (Wildman–Crippen LogP) is 0.438. The molecule has 0 fully saturated rings. The molecule has 0 aromatic carbocycles. The zero-order valence-electron chi connectivity index (χ0n) is 6.90. The molecule has 0 bridgehead atoms. The van der Waals surface area contributed by atoms with Crippen molar-refractivity contribution >= 4 is 5.97 Å². The van der Waals surface area contributed by atoms with E-state index in [4.69, 9.17) is 19.7 Å². The third kappa shape index (κ3) is 23.2. The molecule has 4 nitrogen and oxygen atoms in total. The second kappa shape index (κ2) is 12.5. The topological polar surface area (TPSA) is 66.8 Å². The van der Waals surface area contributed by atoms with Gasteiger partial charge in [0.15, 0.2) is 0 Å². The number of hydrogen-bond donors (Lipinski definition) is 2. The lowest BCUT2D eigenvalue weighted by Crippen LogP contribution is -1.98. The molecule has 0 unspecified atom stereocenters. The summed E-state index contributed by atoms with van der Waals surface area (Å²) in [5.74, 6) is -1.19. The van der Waals surface area contributed by atoms with Gasteiger partial charge in [0.1, 0.15) is 6.61 Å². The summed E-state index contributed by atoms with van der Waals surface area (Å²) in [6.45, 7) is 7.40. The zero-order chi connectivity index (χ0) is 9.82. The van der Waals surface area contributed by atoms with Gasteiger partial charge in [-0.2, -0.15) is 0 Å². The Bertz CT molecular complexity index is 123. The molecule has 12 heavy (non-hydrogen) atoms. The molecule has 0 spiro atoms. The van der Waals surface area contributed by atoms with E-state index in [1.165, 1.54) is 0 Å². The summed E-state index contributed by atoms with van der Waals surface area (Å²) in [6, 6.07) is 0. The summed E-state index contributed by atoms with van der Waals surface area (Å²) in [5.41, 5.74) is 0. The van der Waals surface area contributed by atoms with E-state index < -0.39 is 12.6 Å². The highest BCUT2D eigenvalue weighted by Gasteiger charge is 1.82. The minimum absolute atomic E-state index is 0.617. The fraction of sp³-hybridized carbons (Fsp3) is 0.375. The second-order valence-electron chi connectivity index (χ2n) is 1.67. The molecule has 0 saturated carbocycles. The van der Waals surface area contributed by atoms with Gasteiger partial charge in [0.2, 0.25) is 0 Å². The molecular formula is C8H14O4. The Morgan fingerprint density at radius 3 is 1.83 bits per heavy atom. The number of carboxylic acid groups (broad SMARTS) is 1. The van der Waals surface area contributed by atoms with E-state index in [0.29, 0.717) is 13.2 Å². The molecule has 0 aromatic rings. The van der Waals surface area contributed by atoms with Gasteiger partial charge in [0.05, 0.1) is 13.2 Å². The second-order valence-corrected chi connectivity index (χ2v) is 1.67. The maximum atomic E-state index is 9.12. The van der Waals surface area contributed by atoms with Gasteiger partial charge in [-0.15, -0.1) is 13.2 Å². The third-order valence-corrected chi connectivity index (χ3v) is 0.607. The van der Waals surface area contributed by atoms with E-state index in [2.05, 4.69) is 13.2 Å². The highest BCUT2D eigenvalue weighted by atomic mass is 16.5. The standard InChI is InChI=1S/C6H10O.C2H4O3/c1-3-5-7-6-4-2;3-1-2(4)5/h3-4H,1-2,5-6H2;3H,1H2,(H,4,5). The first-order valence-electron chi connectivity index (χ1n) is 3.31. The molecule has 0 aliphatic heterocycles. The van der Waals surface area contributed by atoms with E-state index in [9.17, 15) is 0 Å². The van der Waals surface area contributed by atoms with E-state index in [0.717, 1.165) is 0 Å². The van der Waals surface area contributed by atoms with Gasteiger partial charge in [-0.3, -0.25) is 0 Å². The molecule has 0 amide bonds. The minimum atomic E-state index is -1.19. The van der Waals surface area contributed by atoms with Crippen molar-refractivity contribution < 1.29 is 19.7 Å². The number of aliphatic hydroxyl groups excluding tert-OH is 1. The summed E-state index contributed by atoms with van der Waals surface area (Å²) in [5, 5.41) is 15.0. The van der Waals surface area contributed by atoms with Crippen LogP contribution in [-0.2, 0) is 9.53 Å². The quantitative estimate of drug-likeness (QED) is 0.468. The van der Waals surface area contributed by atoms with Crippen molar-refractivity contribution in [3.8, 4) is 0 Å². The molecule has 0 aromatic heterocycles. The van der Waals surface area contributed by atoms with E-state index in [1.54, 1.807) is 12.2 Å². The van der Waals surface area contributed by atoms with Crippen LogP contribution >= 0.6 is 0 Å². The fourth-order valence-electron chi connectivity index (χ4n) is 0.235. The van der Waals surface area contributed by atoms with E-state index in [-0.39, 0.29) is 0 Å². The largest absolute Gasteiger partial charge is 0.480 e. The number of rotatable bonds is 5. The van der Waals surface area contributed by atoms with Gasteiger partial charge in [0.25, 0.3) is 0 Å². The van der Waals surface area contributed by atoms with Crippen LogP contribution in [0.15, 0.2) is 25.3 Å². The summed E-state index contributed by atoms with van der Waals surface area (Å²) in [4.78, 5) is 9.12. The van der Waals surface area contributed by atoms with Crippen LogP contribution in [0.25, 0.3) is 0 Å². The Hall–Kier alpha value is -1.13. The number of carboxylic acids is 1. The molecule has 0 aliphatic carbocycles. The highest BCUT2D eigenvalue weighted by Crippen LogP contribution is 1.72. The van der Waals surface area contributed by atoms with Crippen LogP contribution in [0.5, 0.6) is 0 Å². The van der Waals surface area contributed by atoms with Crippen LogP contribution in [0, 0.1) is 0 Å². The van der Waals surface area contributed by atoms with Gasteiger partial charge in [-0.05, 0) is 0 Å². The lowest BCUT2D eigenvalue weighted by molar-refractivity contribution is -0.140. The molecule has 0 aliphatic rings. The van der Waals surface area contributed by atoms with Gasteiger partial charge in [0, 0.05) is 0 Å². The number of ether oxygens (including phenoxy) is 1. The van der Waals surface area contributed by atoms with Crippen LogP contribution < -0.4 is 0 Å². The predicted molar refractivity (Wildman–Crippen MR) is 45.9 cm³/mol. The third-order valence-electron chi connectivity index (χ3n) is 0.607. The normalized spacial score (nSPS) is 7.75. The molecule has 2 N–H and O–H groups in total. The SMILES string of the molecule is C=CCOCC=C.O=C(O)CO. The monoisotopic (exact) mass is 174 g/mol. The Balaban J connectivity index is 0. The molecule has 0 rings (SSSR count).